The Morgan fingerprint density at radius 1 is 1.17 bits per heavy atom. The SMILES string of the molecule is CC=CC(C)(OC(C)N(C)OC)C(C)COC(C)(C)CC(C)O. The van der Waals surface area contributed by atoms with Crippen LogP contribution in [0.5, 0.6) is 0 Å². The minimum absolute atomic E-state index is 0.139. The summed E-state index contributed by atoms with van der Waals surface area (Å²) < 4.78 is 12.3. The smallest absolute Gasteiger partial charge is 0.131 e. The van der Waals surface area contributed by atoms with Gasteiger partial charge in [0.25, 0.3) is 0 Å². The molecule has 138 valence electrons. The molecular formula is C18H37NO4. The zero-order chi connectivity index (χ0) is 18.3. The molecule has 0 fully saturated rings. The number of hydroxylamine groups is 2. The summed E-state index contributed by atoms with van der Waals surface area (Å²) in [6.45, 7) is 14.4. The first-order chi connectivity index (χ1) is 10.5. The summed E-state index contributed by atoms with van der Waals surface area (Å²) in [6, 6.07) is 0. The Bertz CT molecular complexity index is 357. The van der Waals surface area contributed by atoms with Crippen LogP contribution in [0.25, 0.3) is 0 Å². The molecule has 4 unspecified atom stereocenters. The summed E-state index contributed by atoms with van der Waals surface area (Å²) in [5.41, 5.74) is -0.837. The van der Waals surface area contributed by atoms with Crippen molar-refractivity contribution in [1.82, 2.24) is 5.06 Å². The van der Waals surface area contributed by atoms with E-state index in [1.54, 1.807) is 19.1 Å². The summed E-state index contributed by atoms with van der Waals surface area (Å²) in [4.78, 5) is 5.20. The van der Waals surface area contributed by atoms with Crippen LogP contribution < -0.4 is 0 Å². The van der Waals surface area contributed by atoms with Crippen molar-refractivity contribution >= 4 is 0 Å². The summed E-state index contributed by atoms with van der Waals surface area (Å²) in [7, 11) is 3.46. The van der Waals surface area contributed by atoms with Crippen molar-refractivity contribution in [2.45, 2.75) is 78.4 Å². The van der Waals surface area contributed by atoms with E-state index >= 15 is 0 Å². The maximum absolute atomic E-state index is 9.57. The zero-order valence-corrected chi connectivity index (χ0v) is 16.4. The molecule has 0 aromatic rings. The van der Waals surface area contributed by atoms with E-state index in [2.05, 4.69) is 19.9 Å². The third kappa shape index (κ3) is 8.27. The van der Waals surface area contributed by atoms with Crippen molar-refractivity contribution in [3.05, 3.63) is 12.2 Å². The van der Waals surface area contributed by atoms with Crippen LogP contribution in [0.3, 0.4) is 0 Å². The highest BCUT2D eigenvalue weighted by atomic mass is 16.7. The fourth-order valence-electron chi connectivity index (χ4n) is 2.53. The van der Waals surface area contributed by atoms with Gasteiger partial charge in [0.05, 0.1) is 31.0 Å². The van der Waals surface area contributed by atoms with Gasteiger partial charge in [-0.2, -0.15) is 5.06 Å². The Kier molecular flexibility index (Phi) is 9.55. The minimum atomic E-state index is -0.470. The molecule has 0 aromatic heterocycles. The Morgan fingerprint density at radius 3 is 2.17 bits per heavy atom. The summed E-state index contributed by atoms with van der Waals surface area (Å²) in [5.74, 6) is 0.139. The molecule has 0 saturated carbocycles. The Labute approximate surface area is 142 Å². The average molecular weight is 331 g/mol. The molecule has 0 spiro atoms. The van der Waals surface area contributed by atoms with Crippen molar-refractivity contribution in [3.63, 3.8) is 0 Å². The van der Waals surface area contributed by atoms with Crippen molar-refractivity contribution in [1.29, 1.82) is 0 Å². The van der Waals surface area contributed by atoms with Crippen molar-refractivity contribution in [2.24, 2.45) is 5.92 Å². The first kappa shape index (κ1) is 22.5. The van der Waals surface area contributed by atoms with E-state index in [1.807, 2.05) is 40.8 Å². The number of nitrogens with zero attached hydrogens (tertiary/aromatic N) is 1. The van der Waals surface area contributed by atoms with Crippen molar-refractivity contribution < 1.29 is 19.4 Å². The lowest BCUT2D eigenvalue weighted by Crippen LogP contribution is -2.45. The predicted octanol–water partition coefficient (Wildman–Crippen LogP) is 3.38. The number of hydrogen-bond acceptors (Lipinski definition) is 5. The molecule has 0 saturated heterocycles. The highest BCUT2D eigenvalue weighted by Gasteiger charge is 2.34. The standard InChI is InChI=1S/C18H37NO4/c1-10-11-18(7,23-16(4)19(8)21-9)14(2)13-22-17(5,6)12-15(3)20/h10-11,14-16,20H,12-13H2,1-9H3. The second kappa shape index (κ2) is 9.74. The second-order valence-electron chi connectivity index (χ2n) is 7.15. The summed E-state index contributed by atoms with van der Waals surface area (Å²) in [5, 5.41) is 11.2. The van der Waals surface area contributed by atoms with Gasteiger partial charge in [-0.05, 0) is 41.5 Å². The molecule has 0 rings (SSSR count). The molecule has 0 aromatic carbocycles. The molecule has 0 bridgehead atoms. The molecule has 5 nitrogen and oxygen atoms in total. The van der Waals surface area contributed by atoms with E-state index in [1.165, 1.54) is 0 Å². The molecule has 0 aliphatic heterocycles. The average Bonchev–Trinajstić information content (AvgIpc) is 2.42. The van der Waals surface area contributed by atoms with Crippen LogP contribution >= 0.6 is 0 Å². The van der Waals surface area contributed by atoms with Gasteiger partial charge in [-0.1, -0.05) is 19.1 Å². The van der Waals surface area contributed by atoms with Crippen LogP contribution in [0.15, 0.2) is 12.2 Å². The maximum Gasteiger partial charge on any atom is 0.131 e. The molecule has 5 heteroatoms. The van der Waals surface area contributed by atoms with E-state index in [0.29, 0.717) is 13.0 Å². The van der Waals surface area contributed by atoms with E-state index in [4.69, 9.17) is 14.3 Å². The van der Waals surface area contributed by atoms with Gasteiger partial charge < -0.3 is 19.4 Å². The topological polar surface area (TPSA) is 51.2 Å². The summed E-state index contributed by atoms with van der Waals surface area (Å²) >= 11 is 0. The fourth-order valence-corrected chi connectivity index (χ4v) is 2.53. The number of rotatable bonds is 11. The highest BCUT2D eigenvalue weighted by molar-refractivity contribution is 5.01. The predicted molar refractivity (Wildman–Crippen MR) is 94.0 cm³/mol. The molecule has 23 heavy (non-hydrogen) atoms. The van der Waals surface area contributed by atoms with Gasteiger partial charge >= 0.3 is 0 Å². The van der Waals surface area contributed by atoms with Gasteiger partial charge in [0.2, 0.25) is 0 Å². The number of aliphatic hydroxyl groups is 1. The zero-order valence-electron chi connectivity index (χ0n) is 16.4. The minimum Gasteiger partial charge on any atom is -0.393 e. The van der Waals surface area contributed by atoms with Gasteiger partial charge in [0, 0.05) is 19.4 Å². The van der Waals surface area contributed by atoms with Crippen molar-refractivity contribution in [3.8, 4) is 0 Å². The van der Waals surface area contributed by atoms with E-state index in [0.717, 1.165) is 0 Å². The molecule has 1 N–H and O–H groups in total. The fraction of sp³-hybridized carbons (Fsp3) is 0.889. The molecule has 0 aliphatic carbocycles. The van der Waals surface area contributed by atoms with E-state index in [-0.39, 0.29) is 23.9 Å². The van der Waals surface area contributed by atoms with Gasteiger partial charge in [0.1, 0.15) is 6.23 Å². The monoisotopic (exact) mass is 331 g/mol. The lowest BCUT2D eigenvalue weighted by Gasteiger charge is -2.39. The molecular weight excluding hydrogens is 294 g/mol. The van der Waals surface area contributed by atoms with Gasteiger partial charge in [-0.3, -0.25) is 0 Å². The Balaban J connectivity index is 4.87. The summed E-state index contributed by atoms with van der Waals surface area (Å²) in [6.07, 6.45) is 4.09. The van der Waals surface area contributed by atoms with Crippen LogP contribution in [0.2, 0.25) is 0 Å². The van der Waals surface area contributed by atoms with Crippen molar-refractivity contribution in [2.75, 3.05) is 20.8 Å². The second-order valence-corrected chi connectivity index (χ2v) is 7.15. The Morgan fingerprint density at radius 2 is 1.74 bits per heavy atom. The van der Waals surface area contributed by atoms with Gasteiger partial charge in [0.15, 0.2) is 0 Å². The largest absolute Gasteiger partial charge is 0.393 e. The Hall–Kier alpha value is -0.460. The van der Waals surface area contributed by atoms with Crippen LogP contribution in [0.1, 0.15) is 54.9 Å². The van der Waals surface area contributed by atoms with Crippen LogP contribution in [-0.4, -0.2) is 54.5 Å². The third-order valence-corrected chi connectivity index (χ3v) is 4.21. The van der Waals surface area contributed by atoms with E-state index < -0.39 is 5.60 Å². The first-order valence-corrected chi connectivity index (χ1v) is 8.38. The first-order valence-electron chi connectivity index (χ1n) is 8.38. The quantitative estimate of drug-likeness (QED) is 0.357. The van der Waals surface area contributed by atoms with E-state index in [9.17, 15) is 5.11 Å². The maximum atomic E-state index is 9.57. The van der Waals surface area contributed by atoms with Gasteiger partial charge in [-0.25, -0.2) is 0 Å². The molecule has 0 heterocycles. The van der Waals surface area contributed by atoms with Crippen LogP contribution in [-0.2, 0) is 14.3 Å². The molecule has 0 amide bonds. The molecule has 0 radical (unpaired) electrons. The number of ether oxygens (including phenoxy) is 2. The number of allylic oxidation sites excluding steroid dienone is 1. The normalized spacial score (nSPS) is 19.8. The third-order valence-electron chi connectivity index (χ3n) is 4.21. The lowest BCUT2D eigenvalue weighted by atomic mass is 9.90. The number of aliphatic hydroxyl groups excluding tert-OH is 1. The lowest BCUT2D eigenvalue weighted by molar-refractivity contribution is -0.249. The van der Waals surface area contributed by atoms with Gasteiger partial charge in [-0.15, -0.1) is 0 Å². The molecule has 4 atom stereocenters. The van der Waals surface area contributed by atoms with Crippen LogP contribution in [0.4, 0.5) is 0 Å². The number of hydrogen-bond donors (Lipinski definition) is 1. The molecule has 0 aliphatic rings. The highest BCUT2D eigenvalue weighted by Crippen LogP contribution is 2.28. The van der Waals surface area contributed by atoms with Crippen LogP contribution in [0, 0.1) is 5.92 Å².